The minimum atomic E-state index is -2.88. The van der Waals surface area contributed by atoms with E-state index in [2.05, 4.69) is 15.7 Å². The van der Waals surface area contributed by atoms with Gasteiger partial charge in [0.15, 0.2) is 0 Å². The summed E-state index contributed by atoms with van der Waals surface area (Å²) in [7, 11) is 0. The Bertz CT molecular complexity index is 690. The Morgan fingerprint density at radius 3 is 2.36 bits per heavy atom. The molecule has 0 unspecified atom stereocenters. The number of para-hydroxylation sites is 1. The smallest absolute Gasteiger partial charge is 0.270 e. The van der Waals surface area contributed by atoms with Crippen molar-refractivity contribution in [1.29, 1.82) is 0 Å². The maximum absolute atomic E-state index is 13.2. The highest BCUT2D eigenvalue weighted by Gasteiger charge is 2.23. The molecule has 0 heterocycles. The average Bonchev–Trinajstić information content (AvgIpc) is 2.47. The van der Waals surface area contributed by atoms with E-state index in [0.717, 1.165) is 6.92 Å². The van der Waals surface area contributed by atoms with Crippen molar-refractivity contribution in [2.75, 3.05) is 5.32 Å². The molecule has 0 amide bonds. The molecule has 3 N–H and O–H groups in total. The zero-order valence-corrected chi connectivity index (χ0v) is 11.8. The molecule has 0 saturated carbocycles. The first kappa shape index (κ1) is 15.6. The summed E-state index contributed by atoms with van der Waals surface area (Å²) in [6.45, 7) is 0.843. The van der Waals surface area contributed by atoms with Crippen LogP contribution in [0.5, 0.6) is 0 Å². The molecule has 0 bridgehead atoms. The van der Waals surface area contributed by atoms with Crippen LogP contribution < -0.4 is 11.2 Å². The molecule has 0 aliphatic rings. The Morgan fingerprint density at radius 2 is 1.77 bits per heavy atom. The van der Waals surface area contributed by atoms with Crippen molar-refractivity contribution >= 4 is 17.2 Å². The Kier molecular flexibility index (Phi) is 4.45. The average molecular weight is 302 g/mol. The van der Waals surface area contributed by atoms with Crippen LogP contribution in [-0.2, 0) is 5.92 Å². The topological polar surface area (TPSA) is 85.1 Å². The monoisotopic (exact) mass is 302 g/mol. The van der Waals surface area contributed by atoms with E-state index in [1.165, 1.54) is 24.3 Å². The number of hydrogen-bond acceptors (Lipinski definition) is 2. The first-order chi connectivity index (χ1) is 10.4. The fourth-order valence-electron chi connectivity index (χ4n) is 1.90. The molecule has 0 atom stereocenters. The van der Waals surface area contributed by atoms with Crippen molar-refractivity contribution in [1.82, 2.24) is 0 Å². The third-order valence-electron chi connectivity index (χ3n) is 2.99. The molecule has 0 radical (unpaired) electrons. The molecule has 0 spiro atoms. The van der Waals surface area contributed by atoms with E-state index >= 15 is 0 Å². The molecule has 114 valence electrons. The van der Waals surface area contributed by atoms with Gasteiger partial charge in [-0.1, -0.05) is 30.3 Å². The SMILES string of the molecule is CC(F)(F)c1ccc(Nc2ccccc2C(=[N-])N=NN)cc1. The molecular formula is C15H14F2N5-. The summed E-state index contributed by atoms with van der Waals surface area (Å²) in [4.78, 5) is 0. The van der Waals surface area contributed by atoms with Crippen LogP contribution in [0, 0.1) is 0 Å². The molecule has 0 aromatic heterocycles. The standard InChI is InChI=1S/C15H14F2N5/c1-15(16,17)10-6-8-11(9-7-10)20-13-5-3-2-4-12(13)14(18)21-22-19/h2-9,20H,1H3,(H2-,18,19,21)/q-1. The third-order valence-corrected chi connectivity index (χ3v) is 2.99. The number of nitrogens with two attached hydrogens (primary N) is 1. The van der Waals surface area contributed by atoms with Crippen molar-refractivity contribution < 1.29 is 8.78 Å². The summed E-state index contributed by atoms with van der Waals surface area (Å²) in [5.41, 5.74) is 1.46. The second-order valence-corrected chi connectivity index (χ2v) is 4.68. The second kappa shape index (κ2) is 6.30. The zero-order chi connectivity index (χ0) is 16.2. The molecule has 5 nitrogen and oxygen atoms in total. The summed E-state index contributed by atoms with van der Waals surface area (Å²) in [5, 5.41) is 19.2. The molecule has 22 heavy (non-hydrogen) atoms. The molecular weight excluding hydrogens is 288 g/mol. The summed E-state index contributed by atoms with van der Waals surface area (Å²) in [6.07, 6.45) is 0. The Morgan fingerprint density at radius 1 is 1.14 bits per heavy atom. The van der Waals surface area contributed by atoms with Crippen LogP contribution in [0.4, 0.5) is 20.2 Å². The van der Waals surface area contributed by atoms with Crippen LogP contribution >= 0.6 is 0 Å². The van der Waals surface area contributed by atoms with Gasteiger partial charge < -0.3 is 21.7 Å². The van der Waals surface area contributed by atoms with E-state index in [1.54, 1.807) is 24.3 Å². The van der Waals surface area contributed by atoms with Gasteiger partial charge in [-0.15, -0.1) is 0 Å². The Labute approximate surface area is 126 Å². The van der Waals surface area contributed by atoms with Gasteiger partial charge in [-0.3, -0.25) is 0 Å². The van der Waals surface area contributed by atoms with Crippen LogP contribution in [0.15, 0.2) is 58.9 Å². The normalized spacial score (nSPS) is 11.6. The van der Waals surface area contributed by atoms with Gasteiger partial charge in [-0.2, -0.15) is 5.22 Å². The molecule has 0 saturated heterocycles. The highest BCUT2D eigenvalue weighted by molar-refractivity contribution is 6.06. The Hall–Kier alpha value is -2.83. The van der Waals surface area contributed by atoms with E-state index in [1.807, 2.05) is 0 Å². The molecule has 0 aliphatic carbocycles. The highest BCUT2D eigenvalue weighted by Crippen LogP contribution is 2.29. The summed E-state index contributed by atoms with van der Waals surface area (Å²) < 4.78 is 26.4. The molecule has 2 rings (SSSR count). The highest BCUT2D eigenvalue weighted by atomic mass is 19.3. The van der Waals surface area contributed by atoms with Crippen molar-refractivity contribution in [3.63, 3.8) is 0 Å². The van der Waals surface area contributed by atoms with E-state index in [4.69, 9.17) is 5.84 Å². The van der Waals surface area contributed by atoms with Gasteiger partial charge in [-0.25, -0.2) is 8.78 Å². The molecule has 0 fully saturated rings. The van der Waals surface area contributed by atoms with Gasteiger partial charge in [0.2, 0.25) is 0 Å². The molecule has 0 aliphatic heterocycles. The largest absolute Gasteiger partial charge is 0.463 e. The van der Waals surface area contributed by atoms with E-state index in [9.17, 15) is 14.2 Å². The number of nitrogens with one attached hydrogen (secondary N) is 1. The van der Waals surface area contributed by atoms with Crippen LogP contribution in [0.1, 0.15) is 18.1 Å². The van der Waals surface area contributed by atoms with E-state index < -0.39 is 5.92 Å². The van der Waals surface area contributed by atoms with Crippen molar-refractivity contribution in [2.45, 2.75) is 12.8 Å². The van der Waals surface area contributed by atoms with Crippen LogP contribution in [-0.4, -0.2) is 5.84 Å². The van der Waals surface area contributed by atoms with Crippen molar-refractivity contribution in [3.05, 3.63) is 65.1 Å². The zero-order valence-electron chi connectivity index (χ0n) is 11.8. The Balaban J connectivity index is 2.26. The predicted octanol–water partition coefficient (Wildman–Crippen LogP) is 4.18. The van der Waals surface area contributed by atoms with Crippen LogP contribution in [0.2, 0.25) is 0 Å². The molecule has 2 aromatic rings. The van der Waals surface area contributed by atoms with Crippen LogP contribution in [0.3, 0.4) is 0 Å². The van der Waals surface area contributed by atoms with Gasteiger partial charge in [0, 0.05) is 23.9 Å². The fourth-order valence-corrected chi connectivity index (χ4v) is 1.90. The van der Waals surface area contributed by atoms with Crippen LogP contribution in [0.25, 0.3) is 5.41 Å². The number of hydrogen-bond donors (Lipinski definition) is 2. The van der Waals surface area contributed by atoms with Gasteiger partial charge in [0.05, 0.1) is 0 Å². The van der Waals surface area contributed by atoms with Gasteiger partial charge in [0.25, 0.3) is 5.92 Å². The lowest BCUT2D eigenvalue weighted by molar-refractivity contribution is 0.0175. The first-order valence-corrected chi connectivity index (χ1v) is 6.43. The maximum Gasteiger partial charge on any atom is 0.270 e. The third kappa shape index (κ3) is 3.63. The summed E-state index contributed by atoms with van der Waals surface area (Å²) in [6, 6.07) is 12.6. The van der Waals surface area contributed by atoms with E-state index in [-0.39, 0.29) is 11.4 Å². The number of anilines is 2. The summed E-state index contributed by atoms with van der Waals surface area (Å²) in [5.74, 6) is 1.68. The summed E-state index contributed by atoms with van der Waals surface area (Å²) >= 11 is 0. The quantitative estimate of drug-likeness (QED) is 0.292. The van der Waals surface area contributed by atoms with Gasteiger partial charge in [-0.05, 0) is 29.6 Å². The lowest BCUT2D eigenvalue weighted by atomic mass is 10.1. The number of benzene rings is 2. The lowest BCUT2D eigenvalue weighted by Gasteiger charge is -2.16. The lowest BCUT2D eigenvalue weighted by Crippen LogP contribution is -2.06. The minimum Gasteiger partial charge on any atom is -0.463 e. The number of rotatable bonds is 4. The maximum atomic E-state index is 13.2. The molecule has 7 heteroatoms. The number of alkyl halides is 2. The number of halogens is 2. The number of amidine groups is 1. The van der Waals surface area contributed by atoms with Crippen molar-refractivity contribution in [3.8, 4) is 0 Å². The van der Waals surface area contributed by atoms with Gasteiger partial charge in [0.1, 0.15) is 0 Å². The fraction of sp³-hybridized carbons (Fsp3) is 0.133. The minimum absolute atomic E-state index is 0.0716. The van der Waals surface area contributed by atoms with Gasteiger partial charge >= 0.3 is 0 Å². The second-order valence-electron chi connectivity index (χ2n) is 4.68. The molecule has 2 aromatic carbocycles. The number of nitrogens with zero attached hydrogens (tertiary/aromatic N) is 3. The first-order valence-electron chi connectivity index (χ1n) is 6.43. The van der Waals surface area contributed by atoms with Crippen molar-refractivity contribution in [2.24, 2.45) is 16.2 Å². The predicted molar refractivity (Wildman–Crippen MR) is 82.2 cm³/mol. The van der Waals surface area contributed by atoms with E-state index in [0.29, 0.717) is 16.9 Å².